The van der Waals surface area contributed by atoms with Gasteiger partial charge in [-0.2, -0.15) is 0 Å². The number of hydrogen-bond donors (Lipinski definition) is 3. The highest BCUT2D eigenvalue weighted by Crippen LogP contribution is 2.14. The predicted octanol–water partition coefficient (Wildman–Crippen LogP) is 0.897. The van der Waals surface area contributed by atoms with E-state index in [2.05, 4.69) is 41.6 Å². The normalized spacial score (nSPS) is 22.9. The molecule has 1 aliphatic heterocycles. The topological polar surface area (TPSA) is 39.3 Å². The molecule has 1 rings (SSSR count). The summed E-state index contributed by atoms with van der Waals surface area (Å²) in [6.07, 6.45) is 2.47. The van der Waals surface area contributed by atoms with E-state index >= 15 is 0 Å². The molecule has 1 saturated heterocycles. The third kappa shape index (κ3) is 10.3. The van der Waals surface area contributed by atoms with Crippen molar-refractivity contribution in [2.45, 2.75) is 33.6 Å². The molecule has 1 fully saturated rings. The summed E-state index contributed by atoms with van der Waals surface area (Å²) in [6, 6.07) is 0. The first-order chi connectivity index (χ1) is 9.08. The van der Waals surface area contributed by atoms with Crippen LogP contribution in [0.25, 0.3) is 0 Å². The average molecular weight is 270 g/mol. The monoisotopic (exact) mass is 270 g/mol. The molecule has 0 saturated carbocycles. The lowest BCUT2D eigenvalue weighted by atomic mass is 9.96. The maximum atomic E-state index is 3.56. The molecule has 0 aliphatic carbocycles. The van der Waals surface area contributed by atoms with E-state index in [1.807, 2.05) is 0 Å². The molecule has 0 atom stereocenters. The van der Waals surface area contributed by atoms with Crippen molar-refractivity contribution in [3.8, 4) is 0 Å². The summed E-state index contributed by atoms with van der Waals surface area (Å²) in [4.78, 5) is 2.61. The van der Waals surface area contributed by atoms with Crippen LogP contribution < -0.4 is 16.0 Å². The third-order valence-electron chi connectivity index (χ3n) is 3.32. The number of nitrogens with one attached hydrogen (secondary N) is 3. The summed E-state index contributed by atoms with van der Waals surface area (Å²) in [5.41, 5.74) is 0.392. The average Bonchev–Trinajstić information content (AvgIpc) is 2.32. The van der Waals surface area contributed by atoms with E-state index in [1.165, 1.54) is 32.5 Å². The molecule has 0 aromatic rings. The Hall–Kier alpha value is -0.160. The van der Waals surface area contributed by atoms with Crippen LogP contribution in [0.5, 0.6) is 0 Å². The van der Waals surface area contributed by atoms with Gasteiger partial charge in [0.15, 0.2) is 0 Å². The van der Waals surface area contributed by atoms with Crippen molar-refractivity contribution in [3.63, 3.8) is 0 Å². The minimum atomic E-state index is 0.392. The van der Waals surface area contributed by atoms with E-state index in [0.29, 0.717) is 5.41 Å². The van der Waals surface area contributed by atoms with Crippen LogP contribution in [-0.4, -0.2) is 63.8 Å². The predicted molar refractivity (Wildman–Crippen MR) is 83.7 cm³/mol. The van der Waals surface area contributed by atoms with E-state index in [4.69, 9.17) is 0 Å². The fourth-order valence-corrected chi connectivity index (χ4v) is 2.50. The quantitative estimate of drug-likeness (QED) is 0.662. The van der Waals surface area contributed by atoms with Gasteiger partial charge in [0.1, 0.15) is 0 Å². The Morgan fingerprint density at radius 3 is 1.95 bits per heavy atom. The van der Waals surface area contributed by atoms with Gasteiger partial charge in [-0.15, -0.1) is 0 Å². The molecule has 4 heteroatoms. The lowest BCUT2D eigenvalue weighted by Gasteiger charge is -2.30. The first-order valence-corrected chi connectivity index (χ1v) is 7.92. The van der Waals surface area contributed by atoms with Crippen molar-refractivity contribution in [3.05, 3.63) is 0 Å². The molecule has 19 heavy (non-hydrogen) atoms. The highest BCUT2D eigenvalue weighted by molar-refractivity contribution is 4.71. The second-order valence-electron chi connectivity index (χ2n) is 6.79. The Morgan fingerprint density at radius 1 is 0.737 bits per heavy atom. The van der Waals surface area contributed by atoms with Crippen LogP contribution >= 0.6 is 0 Å². The highest BCUT2D eigenvalue weighted by Gasteiger charge is 2.15. The molecule has 1 heterocycles. The molecule has 0 aromatic heterocycles. The lowest BCUT2D eigenvalue weighted by Crippen LogP contribution is -2.40. The Balaban J connectivity index is 2.31. The summed E-state index contributed by atoms with van der Waals surface area (Å²) >= 11 is 0. The van der Waals surface area contributed by atoms with Crippen LogP contribution in [0.1, 0.15) is 33.6 Å². The Morgan fingerprint density at radius 2 is 1.32 bits per heavy atom. The van der Waals surface area contributed by atoms with Gasteiger partial charge in [0, 0.05) is 32.7 Å². The number of rotatable bonds is 1. The SMILES string of the molecule is CC(C)(C)CN1CCCNCCNCCCNCC1. The molecule has 0 aromatic carbocycles. The maximum absolute atomic E-state index is 3.56. The fourth-order valence-electron chi connectivity index (χ4n) is 2.50. The molecule has 3 N–H and O–H groups in total. The first kappa shape index (κ1) is 16.9. The van der Waals surface area contributed by atoms with Crippen molar-refractivity contribution in [2.24, 2.45) is 5.41 Å². The summed E-state index contributed by atoms with van der Waals surface area (Å²) < 4.78 is 0. The van der Waals surface area contributed by atoms with Crippen LogP contribution in [-0.2, 0) is 0 Å². The van der Waals surface area contributed by atoms with E-state index in [0.717, 1.165) is 39.3 Å². The number of nitrogens with zero attached hydrogens (tertiary/aromatic N) is 1. The van der Waals surface area contributed by atoms with E-state index < -0.39 is 0 Å². The van der Waals surface area contributed by atoms with Crippen molar-refractivity contribution in [1.82, 2.24) is 20.9 Å². The zero-order chi connectivity index (χ0) is 14.0. The van der Waals surface area contributed by atoms with Gasteiger partial charge in [-0.3, -0.25) is 0 Å². The van der Waals surface area contributed by atoms with Crippen LogP contribution in [0.4, 0.5) is 0 Å². The van der Waals surface area contributed by atoms with Crippen molar-refractivity contribution < 1.29 is 0 Å². The van der Waals surface area contributed by atoms with Gasteiger partial charge < -0.3 is 20.9 Å². The highest BCUT2D eigenvalue weighted by atomic mass is 15.1. The maximum Gasteiger partial charge on any atom is 0.0107 e. The van der Waals surface area contributed by atoms with Gasteiger partial charge in [-0.1, -0.05) is 20.8 Å². The Bertz CT molecular complexity index is 199. The molecule has 0 bridgehead atoms. The smallest absolute Gasteiger partial charge is 0.0107 e. The molecule has 0 spiro atoms. The van der Waals surface area contributed by atoms with E-state index in [1.54, 1.807) is 0 Å². The van der Waals surface area contributed by atoms with E-state index in [-0.39, 0.29) is 0 Å². The molecular formula is C15H34N4. The summed E-state index contributed by atoms with van der Waals surface area (Å²) in [5.74, 6) is 0. The summed E-state index contributed by atoms with van der Waals surface area (Å²) in [7, 11) is 0. The first-order valence-electron chi connectivity index (χ1n) is 7.92. The molecule has 4 nitrogen and oxygen atoms in total. The largest absolute Gasteiger partial charge is 0.315 e. The van der Waals surface area contributed by atoms with Gasteiger partial charge in [0.25, 0.3) is 0 Å². The van der Waals surface area contributed by atoms with Crippen LogP contribution in [0.2, 0.25) is 0 Å². The second-order valence-corrected chi connectivity index (χ2v) is 6.79. The van der Waals surface area contributed by atoms with Gasteiger partial charge in [-0.25, -0.2) is 0 Å². The minimum Gasteiger partial charge on any atom is -0.315 e. The molecule has 0 amide bonds. The summed E-state index contributed by atoms with van der Waals surface area (Å²) in [5, 5.41) is 10.5. The molecule has 0 unspecified atom stereocenters. The van der Waals surface area contributed by atoms with Crippen LogP contribution in [0.15, 0.2) is 0 Å². The minimum absolute atomic E-state index is 0.392. The molecule has 114 valence electrons. The van der Waals surface area contributed by atoms with Crippen LogP contribution in [0, 0.1) is 5.41 Å². The zero-order valence-corrected chi connectivity index (χ0v) is 13.2. The molecule has 1 aliphatic rings. The van der Waals surface area contributed by atoms with Crippen molar-refractivity contribution in [1.29, 1.82) is 0 Å². The van der Waals surface area contributed by atoms with E-state index in [9.17, 15) is 0 Å². The van der Waals surface area contributed by atoms with Gasteiger partial charge in [-0.05, 0) is 44.4 Å². The zero-order valence-electron chi connectivity index (χ0n) is 13.2. The van der Waals surface area contributed by atoms with Gasteiger partial charge in [0.05, 0.1) is 0 Å². The Kier molecular flexibility index (Phi) is 8.62. The fraction of sp³-hybridized carbons (Fsp3) is 1.00. The molecular weight excluding hydrogens is 236 g/mol. The second kappa shape index (κ2) is 9.70. The lowest BCUT2D eigenvalue weighted by molar-refractivity contribution is 0.189. The Labute approximate surface area is 119 Å². The standard InChI is InChI=1S/C15H34N4/c1-15(2,3)14-19-12-5-8-17-10-9-16-6-4-7-18-11-13-19/h16-18H,4-14H2,1-3H3. The number of hydrogen-bond acceptors (Lipinski definition) is 4. The van der Waals surface area contributed by atoms with Gasteiger partial charge >= 0.3 is 0 Å². The third-order valence-corrected chi connectivity index (χ3v) is 3.32. The summed E-state index contributed by atoms with van der Waals surface area (Å²) in [6.45, 7) is 17.2. The van der Waals surface area contributed by atoms with Crippen molar-refractivity contribution in [2.75, 3.05) is 58.9 Å². The molecule has 0 radical (unpaired) electrons. The van der Waals surface area contributed by atoms with Gasteiger partial charge in [0.2, 0.25) is 0 Å². The van der Waals surface area contributed by atoms with Crippen molar-refractivity contribution >= 4 is 0 Å². The van der Waals surface area contributed by atoms with Crippen LogP contribution in [0.3, 0.4) is 0 Å².